The van der Waals surface area contributed by atoms with Gasteiger partial charge in [0.05, 0.1) is 5.69 Å². The molecule has 30 heavy (non-hydrogen) atoms. The van der Waals surface area contributed by atoms with Crippen LogP contribution in [0.15, 0.2) is 48.7 Å². The molecule has 0 fully saturated rings. The first kappa shape index (κ1) is 19.4. The molecule has 0 bridgehead atoms. The number of carbonyl (C=O) groups excluding carboxylic acids is 1. The van der Waals surface area contributed by atoms with Gasteiger partial charge in [-0.15, -0.1) is 0 Å². The monoisotopic (exact) mass is 410 g/mol. The standard InChI is InChI=1S/C20H19FN6O3/c21-11-2-1-3-12(6-11)25-19-15(18(22)29)9-24-20(27-19)26-13-4-5-17-16(7-13)23-8-14(28)10-30-17/h1-7,9,14,23,28H,8,10H2,(H2,22,29)(H2,24,25,26,27). The molecule has 0 aliphatic carbocycles. The first-order valence-corrected chi connectivity index (χ1v) is 9.13. The van der Waals surface area contributed by atoms with Crippen LogP contribution in [0.25, 0.3) is 0 Å². The summed E-state index contributed by atoms with van der Waals surface area (Å²) < 4.78 is 19.0. The van der Waals surface area contributed by atoms with Gasteiger partial charge in [-0.2, -0.15) is 4.98 Å². The molecule has 1 amide bonds. The zero-order valence-corrected chi connectivity index (χ0v) is 15.7. The van der Waals surface area contributed by atoms with E-state index < -0.39 is 17.8 Å². The second-order valence-electron chi connectivity index (χ2n) is 6.64. The average Bonchev–Trinajstić information content (AvgIpc) is 2.89. The minimum Gasteiger partial charge on any atom is -0.489 e. The van der Waals surface area contributed by atoms with Crippen LogP contribution in [0.5, 0.6) is 5.75 Å². The summed E-state index contributed by atoms with van der Waals surface area (Å²) in [7, 11) is 0. The van der Waals surface area contributed by atoms with Crippen LogP contribution in [0.1, 0.15) is 10.4 Å². The predicted molar refractivity (Wildman–Crippen MR) is 110 cm³/mol. The van der Waals surface area contributed by atoms with Gasteiger partial charge in [0.2, 0.25) is 5.95 Å². The number of amides is 1. The number of hydrogen-bond acceptors (Lipinski definition) is 8. The molecule has 1 unspecified atom stereocenters. The van der Waals surface area contributed by atoms with Crippen molar-refractivity contribution >= 4 is 34.7 Å². The number of nitrogens with zero attached hydrogens (tertiary/aromatic N) is 2. The van der Waals surface area contributed by atoms with Crippen molar-refractivity contribution < 1.29 is 19.0 Å². The Hall–Kier alpha value is -3.92. The van der Waals surface area contributed by atoms with E-state index in [1.165, 1.54) is 24.4 Å². The van der Waals surface area contributed by atoms with Gasteiger partial charge in [0.25, 0.3) is 5.91 Å². The van der Waals surface area contributed by atoms with E-state index in [0.29, 0.717) is 29.4 Å². The van der Waals surface area contributed by atoms with Crippen molar-refractivity contribution in [2.24, 2.45) is 5.73 Å². The Morgan fingerprint density at radius 1 is 1.23 bits per heavy atom. The number of β-amino-alcohol motifs (C(OH)–C–C–N with tert-alkyl or cyclic N) is 1. The second-order valence-corrected chi connectivity index (χ2v) is 6.64. The first-order valence-electron chi connectivity index (χ1n) is 9.13. The third kappa shape index (κ3) is 4.39. The van der Waals surface area contributed by atoms with Gasteiger partial charge in [-0.25, -0.2) is 9.37 Å². The van der Waals surface area contributed by atoms with Gasteiger partial charge in [-0.1, -0.05) is 6.07 Å². The fourth-order valence-corrected chi connectivity index (χ4v) is 2.89. The highest BCUT2D eigenvalue weighted by molar-refractivity contribution is 5.98. The quantitative estimate of drug-likeness (QED) is 0.433. The summed E-state index contributed by atoms with van der Waals surface area (Å²) in [5.41, 5.74) is 7.25. The number of aliphatic hydroxyl groups is 1. The van der Waals surface area contributed by atoms with E-state index in [0.717, 1.165) is 0 Å². The van der Waals surface area contributed by atoms with Crippen molar-refractivity contribution in [3.8, 4) is 5.75 Å². The number of benzene rings is 2. The smallest absolute Gasteiger partial charge is 0.254 e. The van der Waals surface area contributed by atoms with E-state index in [-0.39, 0.29) is 23.9 Å². The molecule has 1 aliphatic heterocycles. The zero-order chi connectivity index (χ0) is 21.1. The molecular weight excluding hydrogens is 391 g/mol. The third-order valence-electron chi connectivity index (χ3n) is 4.34. The van der Waals surface area contributed by atoms with Gasteiger partial charge in [0.1, 0.15) is 35.7 Å². The molecule has 2 aromatic carbocycles. The minimum atomic E-state index is -0.717. The van der Waals surface area contributed by atoms with Crippen molar-refractivity contribution in [2.45, 2.75) is 6.10 Å². The highest BCUT2D eigenvalue weighted by Crippen LogP contribution is 2.31. The molecule has 10 heteroatoms. The lowest BCUT2D eigenvalue weighted by Gasteiger charge is -2.13. The molecular formula is C20H19FN6O3. The maximum Gasteiger partial charge on any atom is 0.254 e. The van der Waals surface area contributed by atoms with Crippen LogP contribution in [0.4, 0.5) is 33.2 Å². The van der Waals surface area contributed by atoms with E-state index in [2.05, 4.69) is 25.9 Å². The molecule has 0 saturated heterocycles. The summed E-state index contributed by atoms with van der Waals surface area (Å²) in [6.45, 7) is 0.571. The van der Waals surface area contributed by atoms with Crippen molar-refractivity contribution in [3.05, 3.63) is 60.0 Å². The van der Waals surface area contributed by atoms with E-state index in [1.807, 2.05) is 0 Å². The summed E-state index contributed by atoms with van der Waals surface area (Å²) in [6, 6.07) is 11.1. The van der Waals surface area contributed by atoms with E-state index in [4.69, 9.17) is 10.5 Å². The van der Waals surface area contributed by atoms with Crippen LogP contribution in [0.3, 0.4) is 0 Å². The number of nitrogens with two attached hydrogens (primary N) is 1. The Kier molecular flexibility index (Phi) is 5.31. The van der Waals surface area contributed by atoms with Crippen LogP contribution in [-0.4, -0.2) is 40.2 Å². The largest absolute Gasteiger partial charge is 0.489 e. The molecule has 6 N–H and O–H groups in total. The molecule has 0 saturated carbocycles. The number of aliphatic hydroxyl groups excluding tert-OH is 1. The van der Waals surface area contributed by atoms with Crippen molar-refractivity contribution in [1.29, 1.82) is 0 Å². The molecule has 0 radical (unpaired) electrons. The van der Waals surface area contributed by atoms with Gasteiger partial charge in [-0.3, -0.25) is 4.79 Å². The van der Waals surface area contributed by atoms with Gasteiger partial charge >= 0.3 is 0 Å². The fourth-order valence-electron chi connectivity index (χ4n) is 2.89. The summed E-state index contributed by atoms with van der Waals surface area (Å²) >= 11 is 0. The number of rotatable bonds is 5. The SMILES string of the molecule is NC(=O)c1cnc(Nc2ccc3c(c2)NCC(O)CO3)nc1Nc1cccc(F)c1. The molecule has 0 spiro atoms. The van der Waals surface area contributed by atoms with Gasteiger partial charge < -0.3 is 31.5 Å². The summed E-state index contributed by atoms with van der Waals surface area (Å²) in [4.78, 5) is 20.2. The number of halogens is 1. The Morgan fingerprint density at radius 2 is 2.07 bits per heavy atom. The lowest BCUT2D eigenvalue weighted by atomic mass is 10.2. The third-order valence-corrected chi connectivity index (χ3v) is 4.34. The predicted octanol–water partition coefficient (Wildman–Crippen LogP) is 2.37. The second kappa shape index (κ2) is 8.21. The maximum absolute atomic E-state index is 13.5. The summed E-state index contributed by atoms with van der Waals surface area (Å²) in [5, 5.41) is 18.8. The summed E-state index contributed by atoms with van der Waals surface area (Å²) in [5.74, 6) is -0.183. The Bertz CT molecular complexity index is 1090. The van der Waals surface area contributed by atoms with Crippen LogP contribution in [-0.2, 0) is 0 Å². The molecule has 154 valence electrons. The lowest BCUT2D eigenvalue weighted by Crippen LogP contribution is -2.23. The minimum absolute atomic E-state index is 0.0656. The highest BCUT2D eigenvalue weighted by Gasteiger charge is 2.16. The molecule has 2 heterocycles. The summed E-state index contributed by atoms with van der Waals surface area (Å²) in [6.07, 6.45) is 0.690. The number of nitrogens with one attached hydrogen (secondary N) is 3. The average molecular weight is 410 g/mol. The number of anilines is 5. The van der Waals surface area contributed by atoms with Gasteiger partial charge in [-0.05, 0) is 36.4 Å². The van der Waals surface area contributed by atoms with Crippen LogP contribution in [0, 0.1) is 5.82 Å². The number of fused-ring (bicyclic) bond motifs is 1. The normalized spacial score (nSPS) is 15.2. The molecule has 3 aromatic rings. The van der Waals surface area contributed by atoms with Crippen molar-refractivity contribution in [2.75, 3.05) is 29.1 Å². The maximum atomic E-state index is 13.5. The molecule has 9 nitrogen and oxygen atoms in total. The van der Waals surface area contributed by atoms with Crippen LogP contribution < -0.4 is 26.4 Å². The Morgan fingerprint density at radius 3 is 2.87 bits per heavy atom. The Labute approximate surface area is 171 Å². The van der Waals surface area contributed by atoms with Gasteiger partial charge in [0.15, 0.2) is 0 Å². The van der Waals surface area contributed by atoms with Crippen molar-refractivity contribution in [3.63, 3.8) is 0 Å². The number of ether oxygens (including phenoxy) is 1. The van der Waals surface area contributed by atoms with E-state index in [1.54, 1.807) is 24.3 Å². The van der Waals surface area contributed by atoms with Crippen LogP contribution in [0.2, 0.25) is 0 Å². The zero-order valence-electron chi connectivity index (χ0n) is 15.7. The Balaban J connectivity index is 1.60. The van der Waals surface area contributed by atoms with Gasteiger partial charge in [0, 0.05) is 24.1 Å². The number of primary amides is 1. The van der Waals surface area contributed by atoms with Crippen LogP contribution >= 0.6 is 0 Å². The van der Waals surface area contributed by atoms with E-state index >= 15 is 0 Å². The molecule has 1 aromatic heterocycles. The molecule has 1 atom stereocenters. The number of carbonyl (C=O) groups is 1. The fraction of sp³-hybridized carbons (Fsp3) is 0.150. The van der Waals surface area contributed by atoms with Crippen molar-refractivity contribution in [1.82, 2.24) is 9.97 Å². The first-order chi connectivity index (χ1) is 14.5. The number of aromatic nitrogens is 2. The number of hydrogen-bond donors (Lipinski definition) is 5. The topological polar surface area (TPSA) is 134 Å². The molecule has 1 aliphatic rings. The lowest BCUT2D eigenvalue weighted by molar-refractivity contribution is 0.100. The molecule has 4 rings (SSSR count). The highest BCUT2D eigenvalue weighted by atomic mass is 19.1. The van der Waals surface area contributed by atoms with E-state index in [9.17, 15) is 14.3 Å².